The van der Waals surface area contributed by atoms with Gasteiger partial charge in [0.05, 0.1) is 0 Å². The fraction of sp³-hybridized carbons (Fsp3) is 0.926. The second-order valence-electron chi connectivity index (χ2n) is 9.14. The lowest BCUT2D eigenvalue weighted by Gasteiger charge is -2.13. The molecule has 4 heteroatoms. The lowest BCUT2D eigenvalue weighted by Crippen LogP contribution is -2.22. The molecule has 0 saturated heterocycles. The number of carbonyl (C=O) groups excluding carboxylic acids is 2. The van der Waals surface area contributed by atoms with Gasteiger partial charge in [-0.05, 0) is 19.8 Å². The molecule has 0 aromatic carbocycles. The fourth-order valence-electron chi connectivity index (χ4n) is 3.74. The molecule has 0 heterocycles. The zero-order valence-electron chi connectivity index (χ0n) is 21.1. The molecule has 0 fully saturated rings. The van der Waals surface area contributed by atoms with Crippen molar-refractivity contribution in [3.8, 4) is 0 Å². The molecule has 31 heavy (non-hydrogen) atoms. The predicted octanol–water partition coefficient (Wildman–Crippen LogP) is 8.30. The topological polar surface area (TPSA) is 52.6 Å². The first-order valence-corrected chi connectivity index (χ1v) is 13.4. The van der Waals surface area contributed by atoms with Crippen LogP contribution in [0.1, 0.15) is 149 Å². The number of esters is 2. The Kier molecular flexibility index (Phi) is 22.8. The van der Waals surface area contributed by atoms with Crippen molar-refractivity contribution in [2.75, 3.05) is 6.61 Å². The Morgan fingerprint density at radius 3 is 1.39 bits per heavy atom. The maximum Gasteiger partial charge on any atom is 0.306 e. The minimum Gasteiger partial charge on any atom is -0.462 e. The summed E-state index contributed by atoms with van der Waals surface area (Å²) < 4.78 is 10.4. The summed E-state index contributed by atoms with van der Waals surface area (Å²) in [5, 5.41) is 0. The molecule has 1 atom stereocenters. The molecule has 0 amide bonds. The third kappa shape index (κ3) is 23.4. The van der Waals surface area contributed by atoms with Gasteiger partial charge in [0.15, 0.2) is 0 Å². The van der Waals surface area contributed by atoms with Crippen molar-refractivity contribution < 1.29 is 19.1 Å². The lowest BCUT2D eigenvalue weighted by atomic mass is 10.0. The Balaban J connectivity index is 3.31. The van der Waals surface area contributed by atoms with Crippen LogP contribution < -0.4 is 0 Å². The highest BCUT2D eigenvalue weighted by molar-refractivity contribution is 5.70. The van der Waals surface area contributed by atoms with E-state index in [0.717, 1.165) is 25.7 Å². The molecule has 1 unspecified atom stereocenters. The van der Waals surface area contributed by atoms with Crippen LogP contribution in [0.3, 0.4) is 0 Å². The van der Waals surface area contributed by atoms with Crippen LogP contribution in [0.15, 0.2) is 0 Å². The standard InChI is InChI=1S/C27H52O4/c1-4-6-8-9-10-11-12-13-14-15-16-17-18-19-20-21-23-26(28)30-24-25(3)31-27(29)22-7-5-2/h25H,4-24H2,1-3H3. The molecule has 0 spiro atoms. The summed E-state index contributed by atoms with van der Waals surface area (Å²) in [6.07, 6.45) is 23.5. The molecule has 0 aromatic rings. The molecule has 0 radical (unpaired) electrons. The van der Waals surface area contributed by atoms with Crippen LogP contribution >= 0.6 is 0 Å². The van der Waals surface area contributed by atoms with Crippen LogP contribution in [0.2, 0.25) is 0 Å². The molecule has 0 bridgehead atoms. The van der Waals surface area contributed by atoms with Crippen molar-refractivity contribution in [3.05, 3.63) is 0 Å². The van der Waals surface area contributed by atoms with Crippen LogP contribution in [0, 0.1) is 0 Å². The molecule has 0 rings (SSSR count). The largest absolute Gasteiger partial charge is 0.462 e. The number of unbranched alkanes of at least 4 members (excludes halogenated alkanes) is 16. The molecule has 0 N–H and O–H groups in total. The van der Waals surface area contributed by atoms with Crippen LogP contribution in [-0.4, -0.2) is 24.6 Å². The zero-order valence-corrected chi connectivity index (χ0v) is 21.1. The zero-order chi connectivity index (χ0) is 23.0. The first-order chi connectivity index (χ1) is 15.1. The van der Waals surface area contributed by atoms with Gasteiger partial charge in [0, 0.05) is 12.8 Å². The summed E-state index contributed by atoms with van der Waals surface area (Å²) in [5.41, 5.74) is 0. The second-order valence-corrected chi connectivity index (χ2v) is 9.14. The van der Waals surface area contributed by atoms with E-state index in [-0.39, 0.29) is 24.6 Å². The average Bonchev–Trinajstić information content (AvgIpc) is 2.76. The van der Waals surface area contributed by atoms with Gasteiger partial charge < -0.3 is 9.47 Å². The maximum atomic E-state index is 11.8. The third-order valence-corrected chi connectivity index (χ3v) is 5.78. The normalized spacial score (nSPS) is 12.0. The Labute approximate surface area is 193 Å². The van der Waals surface area contributed by atoms with E-state index in [1.165, 1.54) is 89.9 Å². The van der Waals surface area contributed by atoms with Crippen LogP contribution in [-0.2, 0) is 19.1 Å². The number of hydrogen-bond donors (Lipinski definition) is 0. The number of carbonyl (C=O) groups is 2. The van der Waals surface area contributed by atoms with Gasteiger partial charge in [-0.3, -0.25) is 9.59 Å². The van der Waals surface area contributed by atoms with Crippen LogP contribution in [0.5, 0.6) is 0 Å². The second kappa shape index (κ2) is 23.6. The van der Waals surface area contributed by atoms with E-state index >= 15 is 0 Å². The van der Waals surface area contributed by atoms with Gasteiger partial charge in [-0.25, -0.2) is 0 Å². The van der Waals surface area contributed by atoms with E-state index < -0.39 is 0 Å². The Morgan fingerprint density at radius 2 is 0.935 bits per heavy atom. The molecule has 184 valence electrons. The number of ether oxygens (including phenoxy) is 2. The van der Waals surface area contributed by atoms with Gasteiger partial charge in [-0.15, -0.1) is 0 Å². The monoisotopic (exact) mass is 440 g/mol. The first kappa shape index (κ1) is 29.9. The highest BCUT2D eigenvalue weighted by Gasteiger charge is 2.11. The first-order valence-electron chi connectivity index (χ1n) is 13.4. The van der Waals surface area contributed by atoms with Gasteiger partial charge in [0.2, 0.25) is 0 Å². The summed E-state index contributed by atoms with van der Waals surface area (Å²) in [4.78, 5) is 23.3. The molecule has 0 aliphatic carbocycles. The van der Waals surface area contributed by atoms with Crippen molar-refractivity contribution >= 4 is 11.9 Å². The molecule has 0 aliphatic heterocycles. The molecule has 0 aliphatic rings. The summed E-state index contributed by atoms with van der Waals surface area (Å²) >= 11 is 0. The van der Waals surface area contributed by atoms with E-state index in [0.29, 0.717) is 12.8 Å². The molecular weight excluding hydrogens is 388 g/mol. The van der Waals surface area contributed by atoms with Crippen molar-refractivity contribution in [2.45, 2.75) is 155 Å². The van der Waals surface area contributed by atoms with Gasteiger partial charge >= 0.3 is 11.9 Å². The summed E-state index contributed by atoms with van der Waals surface area (Å²) in [6, 6.07) is 0. The van der Waals surface area contributed by atoms with E-state index in [9.17, 15) is 9.59 Å². The van der Waals surface area contributed by atoms with Crippen molar-refractivity contribution in [1.82, 2.24) is 0 Å². The molecular formula is C27H52O4. The lowest BCUT2D eigenvalue weighted by molar-refractivity contribution is -0.158. The number of hydrogen-bond acceptors (Lipinski definition) is 4. The molecule has 0 saturated carbocycles. The third-order valence-electron chi connectivity index (χ3n) is 5.78. The van der Waals surface area contributed by atoms with Gasteiger partial charge in [0.25, 0.3) is 0 Å². The van der Waals surface area contributed by atoms with Gasteiger partial charge in [0.1, 0.15) is 12.7 Å². The highest BCUT2D eigenvalue weighted by Crippen LogP contribution is 2.14. The summed E-state index contributed by atoms with van der Waals surface area (Å²) in [7, 11) is 0. The Hall–Kier alpha value is -1.06. The average molecular weight is 441 g/mol. The maximum absolute atomic E-state index is 11.8. The SMILES string of the molecule is CCCCCCCCCCCCCCCCCCC(=O)OCC(C)OC(=O)CCCC. The summed E-state index contributed by atoms with van der Waals surface area (Å²) in [6.45, 7) is 6.25. The fourth-order valence-corrected chi connectivity index (χ4v) is 3.74. The Bertz CT molecular complexity index is 408. The Morgan fingerprint density at radius 1 is 0.548 bits per heavy atom. The van der Waals surface area contributed by atoms with Crippen LogP contribution in [0.4, 0.5) is 0 Å². The van der Waals surface area contributed by atoms with Crippen molar-refractivity contribution in [2.24, 2.45) is 0 Å². The molecule has 4 nitrogen and oxygen atoms in total. The summed E-state index contributed by atoms with van der Waals surface area (Å²) in [5.74, 6) is -0.384. The van der Waals surface area contributed by atoms with E-state index in [1.807, 2.05) is 6.92 Å². The van der Waals surface area contributed by atoms with E-state index in [4.69, 9.17) is 9.47 Å². The minimum absolute atomic E-state index is 0.162. The quantitative estimate of drug-likeness (QED) is 0.118. The molecule has 0 aromatic heterocycles. The van der Waals surface area contributed by atoms with Crippen molar-refractivity contribution in [1.29, 1.82) is 0 Å². The van der Waals surface area contributed by atoms with Crippen LogP contribution in [0.25, 0.3) is 0 Å². The smallest absolute Gasteiger partial charge is 0.306 e. The van der Waals surface area contributed by atoms with Crippen molar-refractivity contribution in [3.63, 3.8) is 0 Å². The highest BCUT2D eigenvalue weighted by atomic mass is 16.6. The van der Waals surface area contributed by atoms with Gasteiger partial charge in [-0.1, -0.05) is 117 Å². The van der Waals surface area contributed by atoms with E-state index in [2.05, 4.69) is 6.92 Å². The number of rotatable bonds is 23. The van der Waals surface area contributed by atoms with E-state index in [1.54, 1.807) is 6.92 Å². The predicted molar refractivity (Wildman–Crippen MR) is 130 cm³/mol. The minimum atomic E-state index is -0.362. The van der Waals surface area contributed by atoms with Gasteiger partial charge in [-0.2, -0.15) is 0 Å².